The van der Waals surface area contributed by atoms with Gasteiger partial charge in [-0.3, -0.25) is 14.9 Å². The summed E-state index contributed by atoms with van der Waals surface area (Å²) in [5, 5.41) is 16.0. The summed E-state index contributed by atoms with van der Waals surface area (Å²) in [5.74, 6) is 1.15. The predicted molar refractivity (Wildman–Crippen MR) is 235 cm³/mol. The van der Waals surface area contributed by atoms with Crippen LogP contribution >= 0.6 is 0 Å². The van der Waals surface area contributed by atoms with Gasteiger partial charge in [0, 0.05) is 44.0 Å². The number of hydrogen-bond donors (Lipinski definition) is 4. The number of sulfonamides is 1. The minimum absolute atomic E-state index is 0.0742. The molecule has 3 aromatic heterocycles. The van der Waals surface area contributed by atoms with E-state index in [9.17, 15) is 23.3 Å². The smallest absolute Gasteiger partial charge is 0.293 e. The lowest BCUT2D eigenvalue weighted by Gasteiger charge is -2.26. The zero-order valence-electron chi connectivity index (χ0n) is 33.7. The van der Waals surface area contributed by atoms with Gasteiger partial charge in [0.25, 0.3) is 21.6 Å². The first kappa shape index (κ1) is 39.4. The van der Waals surface area contributed by atoms with Crippen LogP contribution in [-0.2, 0) is 14.8 Å². The number of aromatic nitrogens is 4. The second-order valence-corrected chi connectivity index (χ2v) is 17.9. The molecule has 5 heterocycles. The number of anilines is 2. The second-order valence-electron chi connectivity index (χ2n) is 16.3. The third-order valence-corrected chi connectivity index (χ3v) is 13.5. The lowest BCUT2D eigenvalue weighted by molar-refractivity contribution is -0.384. The molecule has 3 aliphatic rings. The third-order valence-electron chi connectivity index (χ3n) is 12.2. The molecule has 3 fully saturated rings. The predicted octanol–water partition coefficient (Wildman–Crippen LogP) is 8.98. The van der Waals surface area contributed by atoms with E-state index in [1.54, 1.807) is 24.4 Å². The first-order valence-electron chi connectivity index (χ1n) is 20.9. The zero-order chi connectivity index (χ0) is 42.4. The fourth-order valence-electron chi connectivity index (χ4n) is 8.73. The van der Waals surface area contributed by atoms with Gasteiger partial charge in [0.05, 0.1) is 38.7 Å². The summed E-state index contributed by atoms with van der Waals surface area (Å²) >= 11 is 0. The molecule has 7 aromatic rings. The van der Waals surface area contributed by atoms with E-state index in [0.717, 1.165) is 66.2 Å². The molecule has 1 amide bonds. The number of rotatable bonds is 13. The van der Waals surface area contributed by atoms with Crippen molar-refractivity contribution in [3.63, 3.8) is 0 Å². The molecule has 2 saturated heterocycles. The molecule has 16 heteroatoms. The Kier molecular flexibility index (Phi) is 10.3. The van der Waals surface area contributed by atoms with Crippen molar-refractivity contribution in [2.45, 2.75) is 55.4 Å². The highest BCUT2D eigenvalue weighted by Crippen LogP contribution is 2.46. The van der Waals surface area contributed by atoms with E-state index in [0.29, 0.717) is 42.6 Å². The maximum absolute atomic E-state index is 14.0. The van der Waals surface area contributed by atoms with Gasteiger partial charge in [0.1, 0.15) is 22.8 Å². The number of pyridine rings is 1. The Bertz CT molecular complexity index is 2960. The van der Waals surface area contributed by atoms with Crippen molar-refractivity contribution in [1.29, 1.82) is 0 Å². The molecule has 1 unspecified atom stereocenters. The Morgan fingerprint density at radius 2 is 1.74 bits per heavy atom. The summed E-state index contributed by atoms with van der Waals surface area (Å²) in [4.78, 5) is 43.4. The minimum Gasteiger partial charge on any atom is -0.455 e. The molecule has 0 bridgehead atoms. The molecule has 62 heavy (non-hydrogen) atoms. The number of nitro groups is 1. The van der Waals surface area contributed by atoms with Gasteiger partial charge in [-0.05, 0) is 121 Å². The quantitative estimate of drug-likeness (QED) is 0.0638. The number of imidazole rings is 1. The summed E-state index contributed by atoms with van der Waals surface area (Å²) in [6, 6.07) is 27.0. The molecular formula is C46H44N8O7S. The van der Waals surface area contributed by atoms with Gasteiger partial charge >= 0.3 is 0 Å². The van der Waals surface area contributed by atoms with Gasteiger partial charge in [-0.2, -0.15) is 0 Å². The van der Waals surface area contributed by atoms with E-state index in [1.807, 2.05) is 24.3 Å². The van der Waals surface area contributed by atoms with Crippen LogP contribution in [0.3, 0.4) is 0 Å². The van der Waals surface area contributed by atoms with Crippen LogP contribution in [0.5, 0.6) is 11.5 Å². The van der Waals surface area contributed by atoms with E-state index in [-0.39, 0.29) is 29.0 Å². The molecule has 0 spiro atoms. The molecule has 1 atom stereocenters. The van der Waals surface area contributed by atoms with E-state index in [2.05, 4.69) is 54.2 Å². The zero-order valence-corrected chi connectivity index (χ0v) is 34.5. The third kappa shape index (κ3) is 7.94. The Balaban J connectivity index is 0.937. The van der Waals surface area contributed by atoms with Crippen LogP contribution in [-0.4, -0.2) is 65.5 Å². The summed E-state index contributed by atoms with van der Waals surface area (Å²) in [7, 11) is -4.58. The van der Waals surface area contributed by atoms with Gasteiger partial charge in [0.2, 0.25) is 5.95 Å². The number of H-pyrrole nitrogens is 2. The SMILES string of the molecule is O=C(NS(=O)(=O)c1ccc(NCC2CCOCC2)c([N+](=O)[O-])c1)c1ccc(-c2ccc3nc(N4CCCC4c4ccccc4C4CC4)[nH]c3c2)cc1Oc1cnc2[nH]ccc2c1. The highest BCUT2D eigenvalue weighted by Gasteiger charge is 2.34. The average molecular weight is 853 g/mol. The number of nitro benzene ring substituents is 1. The van der Waals surface area contributed by atoms with Crippen molar-refractivity contribution in [2.24, 2.45) is 5.92 Å². The molecule has 15 nitrogen and oxygen atoms in total. The Morgan fingerprint density at radius 3 is 2.56 bits per heavy atom. The summed E-state index contributed by atoms with van der Waals surface area (Å²) < 4.78 is 41.2. The van der Waals surface area contributed by atoms with Crippen molar-refractivity contribution in [3.8, 4) is 22.6 Å². The van der Waals surface area contributed by atoms with E-state index in [1.165, 1.54) is 48.4 Å². The summed E-state index contributed by atoms with van der Waals surface area (Å²) in [6.45, 7) is 2.62. The number of benzene rings is 4. The first-order chi connectivity index (χ1) is 30.2. The summed E-state index contributed by atoms with van der Waals surface area (Å²) in [6.07, 6.45) is 9.51. The van der Waals surface area contributed by atoms with Crippen molar-refractivity contribution >= 4 is 55.3 Å². The Hall–Kier alpha value is -6.78. The largest absolute Gasteiger partial charge is 0.455 e. The Labute approximate surface area is 357 Å². The van der Waals surface area contributed by atoms with Crippen LogP contribution in [0.2, 0.25) is 0 Å². The number of ether oxygens (including phenoxy) is 2. The number of fused-ring (bicyclic) bond motifs is 2. The standard InChI is InChI=1S/C46H44N8O7S/c55-45(52-62(58,59)34-11-14-39(42(25-34)54(56)57)48-26-28-16-20-60-21-17-28)37-12-9-31(24-43(37)61-33-22-32-15-18-47-44(32)49-27-33)30-10-13-38-40(23-30)51-46(50-38)53-19-3-6-41(53)36-5-2-1-4-35(36)29-7-8-29/h1-2,4-5,9-15,18,22-25,27-29,41,48H,3,6-8,16-17,19-21,26H2,(H,47,49)(H,50,51)(H,52,55). The highest BCUT2D eigenvalue weighted by molar-refractivity contribution is 7.90. The van der Waals surface area contributed by atoms with E-state index in [4.69, 9.17) is 14.5 Å². The van der Waals surface area contributed by atoms with Gasteiger partial charge < -0.3 is 29.7 Å². The molecule has 1 saturated carbocycles. The van der Waals surface area contributed by atoms with E-state index >= 15 is 0 Å². The van der Waals surface area contributed by atoms with Crippen molar-refractivity contribution in [3.05, 3.63) is 130 Å². The van der Waals surface area contributed by atoms with Crippen LogP contribution in [0.4, 0.5) is 17.3 Å². The van der Waals surface area contributed by atoms with Crippen molar-refractivity contribution in [2.75, 3.05) is 36.5 Å². The number of amides is 1. The van der Waals surface area contributed by atoms with Crippen LogP contribution in [0, 0.1) is 16.0 Å². The van der Waals surface area contributed by atoms with Gasteiger partial charge in [-0.25, -0.2) is 23.1 Å². The topological polar surface area (TPSA) is 197 Å². The average Bonchev–Trinajstić information content (AvgIpc) is 3.61. The molecule has 316 valence electrons. The lowest BCUT2D eigenvalue weighted by atomic mass is 9.95. The van der Waals surface area contributed by atoms with Crippen LogP contribution in [0.1, 0.15) is 72.0 Å². The molecule has 0 radical (unpaired) electrons. The first-order valence-corrected chi connectivity index (χ1v) is 22.4. The van der Waals surface area contributed by atoms with Crippen LogP contribution in [0.15, 0.2) is 108 Å². The maximum atomic E-state index is 14.0. The fraction of sp³-hybridized carbons (Fsp3) is 0.283. The van der Waals surface area contributed by atoms with Crippen LogP contribution < -0.4 is 19.7 Å². The van der Waals surface area contributed by atoms with Gasteiger partial charge in [-0.1, -0.05) is 36.4 Å². The molecule has 1 aliphatic carbocycles. The second kappa shape index (κ2) is 16.2. The number of aromatic amines is 2. The molecular weight excluding hydrogens is 809 g/mol. The highest BCUT2D eigenvalue weighted by atomic mass is 32.2. The normalized spacial score (nSPS) is 17.1. The molecule has 2 aliphatic heterocycles. The van der Waals surface area contributed by atoms with Crippen molar-refractivity contribution < 1.29 is 27.6 Å². The van der Waals surface area contributed by atoms with E-state index < -0.39 is 31.4 Å². The fourth-order valence-corrected chi connectivity index (χ4v) is 9.72. The van der Waals surface area contributed by atoms with Crippen LogP contribution in [0.25, 0.3) is 33.2 Å². The van der Waals surface area contributed by atoms with Gasteiger partial charge in [-0.15, -0.1) is 0 Å². The maximum Gasteiger partial charge on any atom is 0.293 e. The molecule has 4 aromatic carbocycles. The minimum atomic E-state index is -4.58. The molecule has 4 N–H and O–H groups in total. The Morgan fingerprint density at radius 1 is 0.935 bits per heavy atom. The van der Waals surface area contributed by atoms with Gasteiger partial charge in [0.15, 0.2) is 0 Å². The lowest BCUT2D eigenvalue weighted by Crippen LogP contribution is -2.31. The number of carbonyl (C=O) groups is 1. The van der Waals surface area contributed by atoms with Crippen molar-refractivity contribution in [1.82, 2.24) is 24.7 Å². The number of carbonyl (C=O) groups excluding carboxylic acids is 1. The summed E-state index contributed by atoms with van der Waals surface area (Å²) in [5.41, 5.74) is 6.34. The molecule has 10 rings (SSSR count). The number of nitrogens with zero attached hydrogens (tertiary/aromatic N) is 4. The number of nitrogens with one attached hydrogen (secondary N) is 4. The number of hydrogen-bond acceptors (Lipinski definition) is 11. The monoisotopic (exact) mass is 852 g/mol.